The van der Waals surface area contributed by atoms with Crippen molar-refractivity contribution in [2.45, 2.75) is 37.8 Å². The Morgan fingerprint density at radius 3 is 2.12 bits per heavy atom. The quantitative estimate of drug-likeness (QED) is 0.188. The van der Waals surface area contributed by atoms with Gasteiger partial charge in [-0.15, -0.1) is 0 Å². The smallest absolute Gasteiger partial charge is 0.264 e. The summed E-state index contributed by atoms with van der Waals surface area (Å²) in [6, 6.07) is 28.9. The number of likely N-dealkylation sites (N-methyl/N-ethyl adjacent to an activating group) is 1. The van der Waals surface area contributed by atoms with Crippen molar-refractivity contribution < 1.29 is 18.0 Å². The third-order valence-corrected chi connectivity index (χ3v) is 9.72. The molecule has 0 fully saturated rings. The lowest BCUT2D eigenvalue weighted by Gasteiger charge is -2.34. The molecular formula is C33H33BrClN3O4S. The predicted molar refractivity (Wildman–Crippen MR) is 174 cm³/mol. The van der Waals surface area contributed by atoms with Gasteiger partial charge in [-0.25, -0.2) is 8.42 Å². The van der Waals surface area contributed by atoms with Gasteiger partial charge in [-0.1, -0.05) is 94.3 Å². The molecule has 0 aliphatic heterocycles. The molecule has 0 heterocycles. The molecule has 1 unspecified atom stereocenters. The molecule has 0 aromatic heterocycles. The number of anilines is 1. The minimum absolute atomic E-state index is 0.0335. The summed E-state index contributed by atoms with van der Waals surface area (Å²) >= 11 is 9.86. The number of halogens is 2. The van der Waals surface area contributed by atoms with E-state index in [0.717, 1.165) is 19.9 Å². The molecule has 0 aliphatic rings. The van der Waals surface area contributed by atoms with Crippen LogP contribution in [0.2, 0.25) is 5.02 Å². The fourth-order valence-corrected chi connectivity index (χ4v) is 6.66. The van der Waals surface area contributed by atoms with E-state index in [2.05, 4.69) is 21.2 Å². The van der Waals surface area contributed by atoms with Crippen LogP contribution in [0.1, 0.15) is 23.6 Å². The normalized spacial score (nSPS) is 11.9. The van der Waals surface area contributed by atoms with Crippen molar-refractivity contribution in [3.63, 3.8) is 0 Å². The average molecular weight is 683 g/mol. The molecular weight excluding hydrogens is 650 g/mol. The highest BCUT2D eigenvalue weighted by molar-refractivity contribution is 9.10. The minimum Gasteiger partial charge on any atom is -0.355 e. The van der Waals surface area contributed by atoms with Crippen LogP contribution in [0, 0.1) is 6.92 Å². The van der Waals surface area contributed by atoms with Crippen LogP contribution in [0.3, 0.4) is 0 Å². The maximum Gasteiger partial charge on any atom is 0.264 e. The summed E-state index contributed by atoms with van der Waals surface area (Å²) in [6.45, 7) is 3.45. The molecule has 2 amide bonds. The Hall–Kier alpha value is -3.66. The summed E-state index contributed by atoms with van der Waals surface area (Å²) < 4.78 is 30.1. The second kappa shape index (κ2) is 14.7. The molecule has 0 saturated carbocycles. The molecule has 1 atom stereocenters. The first kappa shape index (κ1) is 32.3. The first-order chi connectivity index (χ1) is 20.6. The van der Waals surface area contributed by atoms with Gasteiger partial charge in [0, 0.05) is 29.0 Å². The number of amides is 2. The number of sulfonamides is 1. The van der Waals surface area contributed by atoms with Crippen molar-refractivity contribution >= 4 is 55.1 Å². The SMILES string of the molecule is CCNC(=O)C(Cc1ccccc1)N(Cc1ccc(Br)cc1)C(=O)CN(c1cccc(Cl)c1C)S(=O)(=O)c1ccccc1. The molecule has 0 aliphatic carbocycles. The lowest BCUT2D eigenvalue weighted by Crippen LogP contribution is -2.53. The lowest BCUT2D eigenvalue weighted by atomic mass is 10.0. The summed E-state index contributed by atoms with van der Waals surface area (Å²) in [6.07, 6.45) is 0.247. The maximum absolute atomic E-state index is 14.4. The lowest BCUT2D eigenvalue weighted by molar-refractivity contribution is -0.140. The van der Waals surface area contributed by atoms with Gasteiger partial charge in [0.1, 0.15) is 12.6 Å². The Balaban J connectivity index is 1.81. The molecule has 224 valence electrons. The molecule has 4 aromatic carbocycles. The van der Waals surface area contributed by atoms with E-state index in [1.54, 1.807) is 43.3 Å². The number of carbonyl (C=O) groups is 2. The van der Waals surface area contributed by atoms with Gasteiger partial charge < -0.3 is 10.2 Å². The van der Waals surface area contributed by atoms with Gasteiger partial charge in [-0.2, -0.15) is 0 Å². The Morgan fingerprint density at radius 2 is 1.49 bits per heavy atom. The fraction of sp³-hybridized carbons (Fsp3) is 0.212. The molecule has 10 heteroatoms. The van der Waals surface area contributed by atoms with Gasteiger partial charge in [0.05, 0.1) is 10.6 Å². The van der Waals surface area contributed by atoms with E-state index in [0.29, 0.717) is 17.1 Å². The molecule has 7 nitrogen and oxygen atoms in total. The van der Waals surface area contributed by atoms with Crippen molar-refractivity contribution in [2.75, 3.05) is 17.4 Å². The average Bonchev–Trinajstić information content (AvgIpc) is 3.01. The highest BCUT2D eigenvalue weighted by Gasteiger charge is 2.35. The topological polar surface area (TPSA) is 86.8 Å². The number of nitrogens with one attached hydrogen (secondary N) is 1. The van der Waals surface area contributed by atoms with Crippen molar-refractivity contribution in [1.29, 1.82) is 0 Å². The van der Waals surface area contributed by atoms with Gasteiger partial charge in [-0.3, -0.25) is 13.9 Å². The number of benzene rings is 4. The van der Waals surface area contributed by atoms with Crippen LogP contribution in [0.4, 0.5) is 5.69 Å². The zero-order chi connectivity index (χ0) is 31.0. The van der Waals surface area contributed by atoms with Crippen molar-refractivity contribution in [1.82, 2.24) is 10.2 Å². The molecule has 1 N–H and O–H groups in total. The third-order valence-electron chi connectivity index (χ3n) is 7.01. The van der Waals surface area contributed by atoms with Crippen molar-refractivity contribution in [2.24, 2.45) is 0 Å². The van der Waals surface area contributed by atoms with Crippen LogP contribution in [0.5, 0.6) is 0 Å². The van der Waals surface area contributed by atoms with Gasteiger partial charge in [-0.05, 0) is 66.9 Å². The molecule has 0 saturated heterocycles. The monoisotopic (exact) mass is 681 g/mol. The predicted octanol–water partition coefficient (Wildman–Crippen LogP) is 6.38. The molecule has 4 rings (SSSR count). The highest BCUT2D eigenvalue weighted by atomic mass is 79.9. The summed E-state index contributed by atoms with van der Waals surface area (Å²) in [5.41, 5.74) is 2.45. The van der Waals surface area contributed by atoms with Crippen LogP contribution in [-0.2, 0) is 32.6 Å². The highest BCUT2D eigenvalue weighted by Crippen LogP contribution is 2.31. The first-order valence-electron chi connectivity index (χ1n) is 13.8. The Kier molecular flexibility index (Phi) is 11.0. The fourth-order valence-electron chi connectivity index (χ4n) is 4.73. The second-order valence-electron chi connectivity index (χ2n) is 9.96. The Labute approximate surface area is 266 Å². The van der Waals surface area contributed by atoms with E-state index < -0.39 is 28.5 Å². The van der Waals surface area contributed by atoms with Gasteiger partial charge in [0.25, 0.3) is 10.0 Å². The number of hydrogen-bond donors (Lipinski definition) is 1. The zero-order valence-corrected chi connectivity index (χ0v) is 27.1. The summed E-state index contributed by atoms with van der Waals surface area (Å²) in [5, 5.41) is 3.23. The van der Waals surface area contributed by atoms with Gasteiger partial charge in [0.15, 0.2) is 0 Å². The summed E-state index contributed by atoms with van der Waals surface area (Å²) in [4.78, 5) is 29.5. The largest absolute Gasteiger partial charge is 0.355 e. The van der Waals surface area contributed by atoms with Crippen LogP contribution >= 0.6 is 27.5 Å². The Morgan fingerprint density at radius 1 is 0.860 bits per heavy atom. The summed E-state index contributed by atoms with van der Waals surface area (Å²) in [7, 11) is -4.20. The van der Waals surface area contributed by atoms with Gasteiger partial charge in [0.2, 0.25) is 11.8 Å². The maximum atomic E-state index is 14.4. The van der Waals surface area contributed by atoms with Crippen LogP contribution in [-0.4, -0.2) is 44.3 Å². The van der Waals surface area contributed by atoms with Crippen LogP contribution in [0.25, 0.3) is 0 Å². The van der Waals surface area contributed by atoms with E-state index in [9.17, 15) is 18.0 Å². The van der Waals surface area contributed by atoms with Crippen molar-refractivity contribution in [3.05, 3.63) is 129 Å². The molecule has 4 aromatic rings. The van der Waals surface area contributed by atoms with E-state index in [-0.39, 0.29) is 29.5 Å². The Bertz CT molecular complexity index is 1650. The zero-order valence-electron chi connectivity index (χ0n) is 23.9. The van der Waals surface area contributed by atoms with Crippen LogP contribution < -0.4 is 9.62 Å². The molecule has 0 radical (unpaired) electrons. The van der Waals surface area contributed by atoms with E-state index in [4.69, 9.17) is 11.6 Å². The molecule has 0 spiro atoms. The second-order valence-corrected chi connectivity index (χ2v) is 13.1. The first-order valence-corrected chi connectivity index (χ1v) is 16.4. The molecule has 0 bridgehead atoms. The van der Waals surface area contributed by atoms with Gasteiger partial charge >= 0.3 is 0 Å². The standard InChI is InChI=1S/C33H33BrClN3O4S/c1-3-36-33(40)31(21-25-11-6-4-7-12-25)37(22-26-17-19-27(34)20-18-26)32(39)23-38(30-16-10-15-29(35)24(30)2)43(41,42)28-13-8-5-9-14-28/h4-20,31H,3,21-23H2,1-2H3,(H,36,40). The number of nitrogens with zero attached hydrogens (tertiary/aromatic N) is 2. The van der Waals surface area contributed by atoms with E-state index >= 15 is 0 Å². The number of rotatable bonds is 12. The molecule has 43 heavy (non-hydrogen) atoms. The van der Waals surface area contributed by atoms with E-state index in [1.807, 2.05) is 61.5 Å². The summed E-state index contributed by atoms with van der Waals surface area (Å²) in [5.74, 6) is -0.859. The third kappa shape index (κ3) is 8.04. The number of carbonyl (C=O) groups excluding carboxylic acids is 2. The number of hydrogen-bond acceptors (Lipinski definition) is 4. The van der Waals surface area contributed by atoms with Crippen LogP contribution in [0.15, 0.2) is 112 Å². The van der Waals surface area contributed by atoms with E-state index in [1.165, 1.54) is 17.0 Å². The minimum atomic E-state index is -4.20. The van der Waals surface area contributed by atoms with Crippen molar-refractivity contribution in [3.8, 4) is 0 Å².